The highest BCUT2D eigenvalue weighted by atomic mass is 19.1. The van der Waals surface area contributed by atoms with Gasteiger partial charge in [0.15, 0.2) is 5.82 Å². The Morgan fingerprint density at radius 1 is 1.19 bits per heavy atom. The molecule has 190 valence electrons. The fraction of sp³-hybridized carbons (Fsp3) is 0.400. The van der Waals surface area contributed by atoms with Crippen LogP contribution in [0.4, 0.5) is 25.5 Å². The van der Waals surface area contributed by atoms with Crippen molar-refractivity contribution >= 4 is 23.6 Å². The molecule has 0 saturated heterocycles. The molecule has 0 atom stereocenters. The van der Waals surface area contributed by atoms with Gasteiger partial charge in [0.05, 0.1) is 13.7 Å². The number of carbonyl (C=O) groups is 2. The summed E-state index contributed by atoms with van der Waals surface area (Å²) in [5.74, 6) is 1.14. The van der Waals surface area contributed by atoms with Gasteiger partial charge in [-0.25, -0.2) is 28.6 Å². The third-order valence-electron chi connectivity index (χ3n) is 6.38. The minimum absolute atomic E-state index is 0.120. The van der Waals surface area contributed by atoms with Crippen molar-refractivity contribution in [2.45, 2.75) is 52.1 Å². The highest BCUT2D eigenvalue weighted by Crippen LogP contribution is 2.26. The number of aromatic nitrogens is 4. The zero-order chi connectivity index (χ0) is 25.7. The van der Waals surface area contributed by atoms with E-state index in [1.165, 1.54) is 13.2 Å². The number of pyridine rings is 1. The molecule has 0 bridgehead atoms. The molecule has 2 N–H and O–H groups in total. The van der Waals surface area contributed by atoms with E-state index >= 15 is 0 Å². The first kappa shape index (κ1) is 25.1. The number of amides is 3. The third kappa shape index (κ3) is 5.78. The highest BCUT2D eigenvalue weighted by molar-refractivity contribution is 5.90. The summed E-state index contributed by atoms with van der Waals surface area (Å²) < 4.78 is 20.3. The molecule has 3 amide bonds. The van der Waals surface area contributed by atoms with Gasteiger partial charge >= 0.3 is 12.1 Å². The molecule has 10 nitrogen and oxygen atoms in total. The van der Waals surface area contributed by atoms with Crippen LogP contribution in [-0.2, 0) is 11.3 Å². The Morgan fingerprint density at radius 3 is 2.72 bits per heavy atom. The molecule has 1 fully saturated rings. The number of hydrogen-bond acceptors (Lipinski definition) is 6. The summed E-state index contributed by atoms with van der Waals surface area (Å²) in [6.45, 7) is 4.38. The van der Waals surface area contributed by atoms with Crippen molar-refractivity contribution in [3.63, 3.8) is 0 Å². The fourth-order valence-corrected chi connectivity index (χ4v) is 4.35. The minimum atomic E-state index is -0.618. The van der Waals surface area contributed by atoms with Crippen molar-refractivity contribution in [1.29, 1.82) is 0 Å². The molecule has 0 unspecified atom stereocenters. The molecule has 0 spiro atoms. The summed E-state index contributed by atoms with van der Waals surface area (Å²) in [6, 6.07) is 7.95. The lowest BCUT2D eigenvalue weighted by atomic mass is 10.2. The van der Waals surface area contributed by atoms with E-state index in [2.05, 4.69) is 30.4 Å². The van der Waals surface area contributed by atoms with Gasteiger partial charge in [-0.05, 0) is 51.0 Å². The van der Waals surface area contributed by atoms with Gasteiger partial charge in [0, 0.05) is 35.6 Å². The molecule has 1 saturated carbocycles. The summed E-state index contributed by atoms with van der Waals surface area (Å²) in [4.78, 5) is 35.2. The molecule has 36 heavy (non-hydrogen) atoms. The van der Waals surface area contributed by atoms with Gasteiger partial charge in [0.25, 0.3) is 0 Å². The highest BCUT2D eigenvalue weighted by Gasteiger charge is 2.27. The predicted octanol–water partition coefficient (Wildman–Crippen LogP) is 4.75. The number of carbonyl (C=O) groups excluding carboxylic acids is 2. The number of aryl methyl sites for hydroxylation is 1. The quantitative estimate of drug-likeness (QED) is 0.489. The maximum absolute atomic E-state index is 14.0. The largest absolute Gasteiger partial charge is 0.453 e. The Hall–Kier alpha value is -4.02. The lowest BCUT2D eigenvalue weighted by molar-refractivity contribution is 0.184. The number of rotatable bonds is 7. The molecule has 2 aromatic heterocycles. The monoisotopic (exact) mass is 495 g/mol. The van der Waals surface area contributed by atoms with Gasteiger partial charge in [0.2, 0.25) is 0 Å². The number of benzene rings is 1. The Morgan fingerprint density at radius 2 is 1.97 bits per heavy atom. The molecule has 0 aliphatic heterocycles. The van der Waals surface area contributed by atoms with E-state index in [0.29, 0.717) is 47.4 Å². The lowest BCUT2D eigenvalue weighted by Crippen LogP contribution is -2.43. The molecule has 0 radical (unpaired) electrons. The third-order valence-corrected chi connectivity index (χ3v) is 6.38. The average Bonchev–Trinajstić information content (AvgIpc) is 3.52. The van der Waals surface area contributed by atoms with Gasteiger partial charge in [-0.1, -0.05) is 18.9 Å². The van der Waals surface area contributed by atoms with E-state index in [1.807, 2.05) is 11.8 Å². The van der Waals surface area contributed by atoms with E-state index in [1.54, 1.807) is 42.1 Å². The molecular formula is C25H30FN7O3. The topological polar surface area (TPSA) is 114 Å². The molecule has 1 aromatic carbocycles. The molecule has 2 heterocycles. The minimum Gasteiger partial charge on any atom is -0.453 e. The Kier molecular flexibility index (Phi) is 7.77. The maximum Gasteiger partial charge on any atom is 0.412 e. The van der Waals surface area contributed by atoms with Crippen LogP contribution in [0.2, 0.25) is 0 Å². The number of ether oxygens (including phenoxy) is 1. The zero-order valence-corrected chi connectivity index (χ0v) is 20.6. The first-order valence-electron chi connectivity index (χ1n) is 11.9. The van der Waals surface area contributed by atoms with Gasteiger partial charge in [-0.2, -0.15) is 5.10 Å². The summed E-state index contributed by atoms with van der Waals surface area (Å²) in [5.41, 5.74) is 1.56. The second kappa shape index (κ2) is 11.1. The van der Waals surface area contributed by atoms with Crippen LogP contribution in [-0.4, -0.2) is 56.5 Å². The van der Waals surface area contributed by atoms with Crippen LogP contribution in [0.25, 0.3) is 11.4 Å². The molecule has 1 aliphatic rings. The number of nitrogens with one attached hydrogen (secondary N) is 2. The molecule has 11 heteroatoms. The number of nitrogens with zero attached hydrogens (tertiary/aromatic N) is 5. The van der Waals surface area contributed by atoms with Crippen LogP contribution in [0.3, 0.4) is 0 Å². The Bertz CT molecular complexity index is 1240. The smallest absolute Gasteiger partial charge is 0.412 e. The predicted molar refractivity (Wildman–Crippen MR) is 133 cm³/mol. The van der Waals surface area contributed by atoms with Crippen molar-refractivity contribution in [3.05, 3.63) is 53.7 Å². The lowest BCUT2D eigenvalue weighted by Gasteiger charge is -2.29. The molecule has 3 aromatic rings. The Balaban J connectivity index is 1.48. The van der Waals surface area contributed by atoms with E-state index in [4.69, 9.17) is 0 Å². The molecule has 1 aliphatic carbocycles. The second-order valence-corrected chi connectivity index (χ2v) is 8.73. The number of urea groups is 1. The van der Waals surface area contributed by atoms with Gasteiger partial charge in [-0.3, -0.25) is 5.32 Å². The van der Waals surface area contributed by atoms with Crippen LogP contribution in [0, 0.1) is 19.7 Å². The standard InChI is InChI=1S/C25H30FN7O3/c1-16-20(26)9-6-10-21(16)29-24(34)32(19-7-4-5-8-19)13-14-33-17(2)28-23(31-33)18-11-12-27-22(15-18)30-25(35)36-3/h6,9-12,15,19H,4-5,7-8,13-14H2,1-3H3,(H,29,34)(H,27,30,35). The van der Waals surface area contributed by atoms with Gasteiger partial charge in [0.1, 0.15) is 17.5 Å². The normalized spacial score (nSPS) is 13.4. The second-order valence-electron chi connectivity index (χ2n) is 8.73. The Labute approximate surface area is 208 Å². The number of hydrogen-bond donors (Lipinski definition) is 2. The van der Waals surface area contributed by atoms with Gasteiger partial charge < -0.3 is 15.0 Å². The van der Waals surface area contributed by atoms with Crippen molar-refractivity contribution in [2.24, 2.45) is 0 Å². The van der Waals surface area contributed by atoms with Crippen molar-refractivity contribution in [3.8, 4) is 11.4 Å². The summed E-state index contributed by atoms with van der Waals surface area (Å²) in [5, 5.41) is 10.0. The van der Waals surface area contributed by atoms with Crippen LogP contribution in [0.1, 0.15) is 37.1 Å². The van der Waals surface area contributed by atoms with Gasteiger partial charge in [-0.15, -0.1) is 0 Å². The molecule has 4 rings (SSSR count). The summed E-state index contributed by atoms with van der Waals surface area (Å²) >= 11 is 0. The van der Waals surface area contributed by atoms with Crippen LogP contribution < -0.4 is 10.6 Å². The zero-order valence-electron chi connectivity index (χ0n) is 20.6. The number of anilines is 2. The van der Waals surface area contributed by atoms with Crippen LogP contribution in [0.5, 0.6) is 0 Å². The van der Waals surface area contributed by atoms with Crippen molar-refractivity contribution < 1.29 is 18.7 Å². The summed E-state index contributed by atoms with van der Waals surface area (Å²) in [6.07, 6.45) is 4.95. The summed E-state index contributed by atoms with van der Waals surface area (Å²) in [7, 11) is 1.28. The number of methoxy groups -OCH3 is 1. The first-order valence-corrected chi connectivity index (χ1v) is 11.9. The van der Waals surface area contributed by atoms with Crippen molar-refractivity contribution in [1.82, 2.24) is 24.6 Å². The van der Waals surface area contributed by atoms with Crippen molar-refractivity contribution in [2.75, 3.05) is 24.3 Å². The van der Waals surface area contributed by atoms with E-state index in [-0.39, 0.29) is 17.9 Å². The van der Waals surface area contributed by atoms with E-state index in [9.17, 15) is 14.0 Å². The van der Waals surface area contributed by atoms with Crippen LogP contribution >= 0.6 is 0 Å². The SMILES string of the molecule is COC(=O)Nc1cc(-c2nc(C)n(CCN(C(=O)Nc3cccc(F)c3C)C3CCCC3)n2)ccn1. The number of halogens is 1. The van der Waals surface area contributed by atoms with E-state index in [0.717, 1.165) is 25.7 Å². The van der Waals surface area contributed by atoms with Crippen LogP contribution in [0.15, 0.2) is 36.5 Å². The van der Waals surface area contributed by atoms with E-state index < -0.39 is 6.09 Å². The maximum atomic E-state index is 14.0. The first-order chi connectivity index (χ1) is 17.4. The molecular weight excluding hydrogens is 465 g/mol. The fourth-order valence-electron chi connectivity index (χ4n) is 4.35. The average molecular weight is 496 g/mol.